The van der Waals surface area contributed by atoms with E-state index in [2.05, 4.69) is 4.72 Å². The van der Waals surface area contributed by atoms with E-state index in [1.807, 2.05) is 35.7 Å². The van der Waals surface area contributed by atoms with Gasteiger partial charge in [-0.15, -0.1) is 11.3 Å². The first-order chi connectivity index (χ1) is 10.6. The number of methoxy groups -OCH3 is 1. The lowest BCUT2D eigenvalue weighted by Crippen LogP contribution is -2.23. The first-order valence-electron chi connectivity index (χ1n) is 6.69. The molecule has 0 aliphatic rings. The molecule has 0 saturated carbocycles. The molecule has 0 aliphatic carbocycles. The second-order valence-corrected chi connectivity index (χ2v) is 7.48. The van der Waals surface area contributed by atoms with E-state index >= 15 is 0 Å². The van der Waals surface area contributed by atoms with E-state index < -0.39 is 10.0 Å². The third-order valence-corrected chi connectivity index (χ3v) is 5.71. The minimum absolute atomic E-state index is 0.264. The summed E-state index contributed by atoms with van der Waals surface area (Å²) in [5.41, 5.74) is 0. The van der Waals surface area contributed by atoms with Crippen LogP contribution in [0.2, 0.25) is 0 Å². The van der Waals surface area contributed by atoms with Crippen LogP contribution in [0.1, 0.15) is 4.88 Å². The van der Waals surface area contributed by atoms with Crippen molar-refractivity contribution in [2.75, 3.05) is 7.11 Å². The van der Waals surface area contributed by atoms with Gasteiger partial charge in [0.05, 0.1) is 12.0 Å². The SMILES string of the molecule is COc1ccc(S(=O)(=O)NCc2cccs2)c2ccccc12. The van der Waals surface area contributed by atoms with Crippen LogP contribution >= 0.6 is 11.3 Å². The minimum atomic E-state index is -3.59. The molecular formula is C16H15NO3S2. The van der Waals surface area contributed by atoms with Crippen molar-refractivity contribution in [3.8, 4) is 5.75 Å². The third-order valence-electron chi connectivity index (χ3n) is 3.37. The summed E-state index contributed by atoms with van der Waals surface area (Å²) in [7, 11) is -2.01. The minimum Gasteiger partial charge on any atom is -0.496 e. The van der Waals surface area contributed by atoms with Crippen LogP contribution in [0.4, 0.5) is 0 Å². The normalized spacial score (nSPS) is 11.7. The topological polar surface area (TPSA) is 55.4 Å². The van der Waals surface area contributed by atoms with Crippen LogP contribution in [0.15, 0.2) is 58.8 Å². The molecule has 3 aromatic rings. The Hall–Kier alpha value is -1.89. The zero-order valence-electron chi connectivity index (χ0n) is 11.9. The van der Waals surface area contributed by atoms with Gasteiger partial charge in [0.15, 0.2) is 0 Å². The van der Waals surface area contributed by atoms with Crippen molar-refractivity contribution < 1.29 is 13.2 Å². The lowest BCUT2D eigenvalue weighted by molar-refractivity contribution is 0.419. The molecule has 22 heavy (non-hydrogen) atoms. The number of sulfonamides is 1. The number of ether oxygens (including phenoxy) is 1. The molecule has 6 heteroatoms. The Morgan fingerprint density at radius 1 is 1.05 bits per heavy atom. The fourth-order valence-corrected chi connectivity index (χ4v) is 4.26. The van der Waals surface area contributed by atoms with Crippen LogP contribution in [-0.4, -0.2) is 15.5 Å². The molecule has 1 N–H and O–H groups in total. The number of fused-ring (bicyclic) bond motifs is 1. The predicted octanol–water partition coefficient (Wildman–Crippen LogP) is 3.39. The van der Waals surface area contributed by atoms with E-state index in [1.54, 1.807) is 25.3 Å². The van der Waals surface area contributed by atoms with Crippen molar-refractivity contribution in [3.05, 3.63) is 58.8 Å². The number of nitrogens with one attached hydrogen (secondary N) is 1. The quantitative estimate of drug-likeness (QED) is 0.779. The van der Waals surface area contributed by atoms with Crippen molar-refractivity contribution in [2.45, 2.75) is 11.4 Å². The van der Waals surface area contributed by atoms with E-state index in [0.29, 0.717) is 17.7 Å². The van der Waals surface area contributed by atoms with Crippen LogP contribution in [0.5, 0.6) is 5.75 Å². The summed E-state index contributed by atoms with van der Waals surface area (Å²) in [6, 6.07) is 14.4. The van der Waals surface area contributed by atoms with Gasteiger partial charge in [-0.25, -0.2) is 13.1 Å². The third kappa shape index (κ3) is 2.85. The van der Waals surface area contributed by atoms with Crippen molar-refractivity contribution in [3.63, 3.8) is 0 Å². The number of thiophene rings is 1. The van der Waals surface area contributed by atoms with Gasteiger partial charge in [-0.2, -0.15) is 0 Å². The predicted molar refractivity (Wildman–Crippen MR) is 88.8 cm³/mol. The molecule has 0 spiro atoms. The molecule has 2 aromatic carbocycles. The number of hydrogen-bond donors (Lipinski definition) is 1. The fraction of sp³-hybridized carbons (Fsp3) is 0.125. The summed E-state index contributed by atoms with van der Waals surface area (Å²) >= 11 is 1.52. The highest BCUT2D eigenvalue weighted by molar-refractivity contribution is 7.89. The second kappa shape index (κ2) is 6.08. The summed E-state index contributed by atoms with van der Waals surface area (Å²) in [5, 5.41) is 3.36. The summed E-state index contributed by atoms with van der Waals surface area (Å²) in [5.74, 6) is 0.660. The first-order valence-corrected chi connectivity index (χ1v) is 9.06. The highest BCUT2D eigenvalue weighted by atomic mass is 32.2. The lowest BCUT2D eigenvalue weighted by atomic mass is 10.1. The standard InChI is InChI=1S/C16H15NO3S2/c1-20-15-8-9-16(14-7-3-2-6-13(14)15)22(18,19)17-11-12-5-4-10-21-12/h2-10,17H,11H2,1H3. The molecule has 0 saturated heterocycles. The Morgan fingerprint density at radius 3 is 2.50 bits per heavy atom. The molecule has 0 radical (unpaired) electrons. The molecule has 114 valence electrons. The second-order valence-electron chi connectivity index (χ2n) is 4.72. The molecule has 3 rings (SSSR count). The van der Waals surface area contributed by atoms with Gasteiger partial charge >= 0.3 is 0 Å². The van der Waals surface area contributed by atoms with Crippen molar-refractivity contribution in [2.24, 2.45) is 0 Å². The van der Waals surface area contributed by atoms with Crippen LogP contribution in [0.25, 0.3) is 10.8 Å². The zero-order valence-corrected chi connectivity index (χ0v) is 13.6. The van der Waals surface area contributed by atoms with Gasteiger partial charge in [-0.3, -0.25) is 0 Å². The maximum atomic E-state index is 12.6. The Kier molecular flexibility index (Phi) is 4.15. The van der Waals surface area contributed by atoms with E-state index in [1.165, 1.54) is 11.3 Å². The molecule has 0 bridgehead atoms. The summed E-state index contributed by atoms with van der Waals surface area (Å²) in [6.45, 7) is 0.292. The summed E-state index contributed by atoms with van der Waals surface area (Å²) in [6.07, 6.45) is 0. The molecular weight excluding hydrogens is 318 g/mol. The van der Waals surface area contributed by atoms with Crippen LogP contribution in [-0.2, 0) is 16.6 Å². The maximum absolute atomic E-state index is 12.6. The molecule has 0 unspecified atom stereocenters. The average molecular weight is 333 g/mol. The number of rotatable bonds is 5. The molecule has 0 amide bonds. The fourth-order valence-electron chi connectivity index (χ4n) is 2.31. The van der Waals surface area contributed by atoms with Crippen LogP contribution in [0, 0.1) is 0 Å². The zero-order chi connectivity index (χ0) is 15.6. The highest BCUT2D eigenvalue weighted by Crippen LogP contribution is 2.30. The van der Waals surface area contributed by atoms with E-state index in [4.69, 9.17) is 4.74 Å². The summed E-state index contributed by atoms with van der Waals surface area (Å²) in [4.78, 5) is 1.24. The summed E-state index contributed by atoms with van der Waals surface area (Å²) < 4.78 is 33.1. The molecule has 1 heterocycles. The monoisotopic (exact) mass is 333 g/mol. The molecule has 0 fully saturated rings. The van der Waals surface area contributed by atoms with Crippen molar-refractivity contribution in [1.82, 2.24) is 4.72 Å². The number of benzene rings is 2. The van der Waals surface area contributed by atoms with Gasteiger partial charge in [0.1, 0.15) is 5.75 Å². The Labute approximate surface area is 133 Å². The Bertz CT molecular complexity index is 887. The van der Waals surface area contributed by atoms with Gasteiger partial charge in [0, 0.05) is 22.2 Å². The van der Waals surface area contributed by atoms with E-state index in [9.17, 15) is 8.42 Å². The maximum Gasteiger partial charge on any atom is 0.241 e. The van der Waals surface area contributed by atoms with E-state index in [-0.39, 0.29) is 4.90 Å². The van der Waals surface area contributed by atoms with Gasteiger partial charge in [0.2, 0.25) is 10.0 Å². The smallest absolute Gasteiger partial charge is 0.241 e. The molecule has 1 aromatic heterocycles. The largest absolute Gasteiger partial charge is 0.496 e. The van der Waals surface area contributed by atoms with Gasteiger partial charge in [0.25, 0.3) is 0 Å². The van der Waals surface area contributed by atoms with Gasteiger partial charge in [-0.05, 0) is 23.6 Å². The molecule has 4 nitrogen and oxygen atoms in total. The highest BCUT2D eigenvalue weighted by Gasteiger charge is 2.18. The van der Waals surface area contributed by atoms with Gasteiger partial charge < -0.3 is 4.74 Å². The first kappa shape index (κ1) is 15.0. The van der Waals surface area contributed by atoms with Crippen LogP contribution in [0.3, 0.4) is 0 Å². The van der Waals surface area contributed by atoms with Crippen molar-refractivity contribution >= 4 is 32.1 Å². The molecule has 0 atom stereocenters. The lowest BCUT2D eigenvalue weighted by Gasteiger charge is -2.11. The van der Waals surface area contributed by atoms with E-state index in [0.717, 1.165) is 10.3 Å². The number of hydrogen-bond acceptors (Lipinski definition) is 4. The van der Waals surface area contributed by atoms with Crippen molar-refractivity contribution in [1.29, 1.82) is 0 Å². The molecule has 0 aliphatic heterocycles. The Balaban J connectivity index is 2.02. The van der Waals surface area contributed by atoms with Gasteiger partial charge in [-0.1, -0.05) is 30.3 Å². The average Bonchev–Trinajstić information content (AvgIpc) is 3.05. The Morgan fingerprint density at radius 2 is 1.82 bits per heavy atom. The van der Waals surface area contributed by atoms with Crippen LogP contribution < -0.4 is 9.46 Å².